The van der Waals surface area contributed by atoms with Crippen molar-refractivity contribution in [2.24, 2.45) is 0 Å². The van der Waals surface area contributed by atoms with Crippen molar-refractivity contribution in [1.29, 1.82) is 0 Å². The summed E-state index contributed by atoms with van der Waals surface area (Å²) < 4.78 is 5.48. The molecule has 1 heterocycles. The number of benzene rings is 1. The van der Waals surface area contributed by atoms with Gasteiger partial charge in [0.05, 0.1) is 25.3 Å². The minimum absolute atomic E-state index is 0.0219. The third-order valence-corrected chi connectivity index (χ3v) is 4.93. The van der Waals surface area contributed by atoms with E-state index < -0.39 is 0 Å². The summed E-state index contributed by atoms with van der Waals surface area (Å²) in [6.07, 6.45) is 2.03. The van der Waals surface area contributed by atoms with Gasteiger partial charge in [0.15, 0.2) is 6.61 Å². The molecule has 0 saturated heterocycles. The van der Waals surface area contributed by atoms with Crippen LogP contribution >= 0.6 is 0 Å². The Balaban J connectivity index is 1.86. The fourth-order valence-corrected chi connectivity index (χ4v) is 3.28. The molecule has 2 rings (SSSR count). The molecule has 1 aromatic carbocycles. The van der Waals surface area contributed by atoms with Gasteiger partial charge in [-0.1, -0.05) is 6.07 Å². The lowest BCUT2D eigenvalue weighted by atomic mass is 10.1. The van der Waals surface area contributed by atoms with Crippen LogP contribution in [-0.2, 0) is 9.59 Å². The van der Waals surface area contributed by atoms with Crippen molar-refractivity contribution in [3.05, 3.63) is 23.8 Å². The summed E-state index contributed by atoms with van der Waals surface area (Å²) in [5.74, 6) is 0.344. The quantitative estimate of drug-likeness (QED) is 0.687. The van der Waals surface area contributed by atoms with E-state index in [0.717, 1.165) is 38.0 Å². The first-order valence-electron chi connectivity index (χ1n) is 9.61. The Hall–Kier alpha value is -2.08. The molecule has 2 N–H and O–H groups in total. The third kappa shape index (κ3) is 5.46. The van der Waals surface area contributed by atoms with Crippen LogP contribution in [0.3, 0.4) is 0 Å². The molecule has 2 amide bonds. The lowest BCUT2D eigenvalue weighted by molar-refractivity contribution is -0.896. The average molecular weight is 362 g/mol. The topological polar surface area (TPSA) is 63.1 Å². The normalized spacial score (nSPS) is 14.8. The van der Waals surface area contributed by atoms with E-state index in [1.54, 1.807) is 4.90 Å². The van der Waals surface area contributed by atoms with E-state index in [1.165, 1.54) is 4.90 Å². The number of carbonyl (C=O) groups excluding carboxylic acids is 2. The van der Waals surface area contributed by atoms with E-state index in [0.29, 0.717) is 11.4 Å². The number of ether oxygens (including phenoxy) is 1. The number of carbonyl (C=O) groups is 2. The molecule has 0 spiro atoms. The molecule has 0 aliphatic carbocycles. The number of quaternary nitrogens is 1. The zero-order valence-electron chi connectivity index (χ0n) is 16.4. The van der Waals surface area contributed by atoms with Gasteiger partial charge in [0.25, 0.3) is 5.91 Å². The molecule has 26 heavy (non-hydrogen) atoms. The van der Waals surface area contributed by atoms with Crippen LogP contribution in [0.5, 0.6) is 5.75 Å². The van der Waals surface area contributed by atoms with Crippen LogP contribution in [0, 0.1) is 6.92 Å². The molecule has 1 aliphatic rings. The van der Waals surface area contributed by atoms with Crippen molar-refractivity contribution in [2.45, 2.75) is 46.6 Å². The Bertz CT molecular complexity index is 629. The molecular weight excluding hydrogens is 330 g/mol. The third-order valence-electron chi connectivity index (χ3n) is 4.93. The second-order valence-electron chi connectivity index (χ2n) is 7.06. The summed E-state index contributed by atoms with van der Waals surface area (Å²) >= 11 is 0. The fraction of sp³-hybridized carbons (Fsp3) is 0.600. The van der Waals surface area contributed by atoms with Crippen LogP contribution in [0.2, 0.25) is 0 Å². The van der Waals surface area contributed by atoms with Crippen LogP contribution < -0.4 is 19.9 Å². The van der Waals surface area contributed by atoms with Crippen molar-refractivity contribution in [2.75, 3.05) is 37.7 Å². The second kappa shape index (κ2) is 9.57. The molecule has 0 fully saturated rings. The number of anilines is 1. The first-order valence-corrected chi connectivity index (χ1v) is 9.61. The van der Waals surface area contributed by atoms with Gasteiger partial charge in [-0.15, -0.1) is 0 Å². The number of rotatable bonds is 9. The van der Waals surface area contributed by atoms with Gasteiger partial charge in [-0.2, -0.15) is 0 Å². The summed E-state index contributed by atoms with van der Waals surface area (Å²) in [6.45, 7) is 11.8. The lowest BCUT2D eigenvalue weighted by Crippen LogP contribution is -3.11. The van der Waals surface area contributed by atoms with Crippen LogP contribution in [-0.4, -0.2) is 50.6 Å². The average Bonchev–Trinajstić information content (AvgIpc) is 2.61. The van der Waals surface area contributed by atoms with Crippen LogP contribution in [0.1, 0.15) is 39.2 Å². The first-order chi connectivity index (χ1) is 12.4. The van der Waals surface area contributed by atoms with Crippen molar-refractivity contribution in [1.82, 2.24) is 5.32 Å². The van der Waals surface area contributed by atoms with Gasteiger partial charge in [0.2, 0.25) is 5.91 Å². The molecule has 144 valence electrons. The van der Waals surface area contributed by atoms with Gasteiger partial charge in [0.1, 0.15) is 12.3 Å². The Kier molecular flexibility index (Phi) is 7.45. The summed E-state index contributed by atoms with van der Waals surface area (Å²) in [7, 11) is 0. The maximum Gasteiger partial charge on any atom is 0.265 e. The first kappa shape index (κ1) is 20.2. The van der Waals surface area contributed by atoms with E-state index in [2.05, 4.69) is 19.2 Å². The predicted molar refractivity (Wildman–Crippen MR) is 103 cm³/mol. The molecular formula is C20H32N3O3+. The predicted octanol–water partition coefficient (Wildman–Crippen LogP) is 0.930. The lowest BCUT2D eigenvalue weighted by Gasteiger charge is -2.29. The van der Waals surface area contributed by atoms with E-state index >= 15 is 0 Å². The second-order valence-corrected chi connectivity index (χ2v) is 7.06. The van der Waals surface area contributed by atoms with Crippen LogP contribution in [0.4, 0.5) is 5.69 Å². The molecule has 0 unspecified atom stereocenters. The standard InChI is InChI=1S/C20H31N3O3/c1-5-22(6-2)11-7-8-16(4)21-19(24)13-23-17-10-9-15(3)12-18(17)26-14-20(23)25/h9-10,12,16H,5-8,11,13-14H2,1-4H3,(H,21,24)/p+1/t16-/m0/s1. The molecule has 1 aromatic rings. The molecule has 0 bridgehead atoms. The number of nitrogens with one attached hydrogen (secondary N) is 2. The molecule has 6 heteroatoms. The Morgan fingerprint density at radius 1 is 1.35 bits per heavy atom. The Morgan fingerprint density at radius 2 is 2.08 bits per heavy atom. The highest BCUT2D eigenvalue weighted by Crippen LogP contribution is 2.32. The monoisotopic (exact) mass is 362 g/mol. The zero-order chi connectivity index (χ0) is 19.1. The number of amides is 2. The molecule has 0 saturated carbocycles. The highest BCUT2D eigenvalue weighted by atomic mass is 16.5. The largest absolute Gasteiger partial charge is 0.482 e. The smallest absolute Gasteiger partial charge is 0.265 e. The van der Waals surface area contributed by atoms with E-state index in [9.17, 15) is 9.59 Å². The van der Waals surface area contributed by atoms with Gasteiger partial charge in [-0.25, -0.2) is 0 Å². The van der Waals surface area contributed by atoms with E-state index in [1.807, 2.05) is 32.0 Å². The maximum absolute atomic E-state index is 12.4. The van der Waals surface area contributed by atoms with E-state index in [4.69, 9.17) is 4.74 Å². The van der Waals surface area contributed by atoms with Gasteiger partial charge in [0, 0.05) is 6.04 Å². The summed E-state index contributed by atoms with van der Waals surface area (Å²) in [4.78, 5) is 27.7. The highest BCUT2D eigenvalue weighted by Gasteiger charge is 2.27. The minimum Gasteiger partial charge on any atom is -0.482 e. The van der Waals surface area contributed by atoms with Gasteiger partial charge in [-0.05, 0) is 58.2 Å². The zero-order valence-corrected chi connectivity index (χ0v) is 16.4. The molecule has 6 nitrogen and oxygen atoms in total. The Morgan fingerprint density at radius 3 is 2.77 bits per heavy atom. The number of fused-ring (bicyclic) bond motifs is 1. The van der Waals surface area contributed by atoms with E-state index in [-0.39, 0.29) is 31.0 Å². The minimum atomic E-state index is -0.186. The number of aryl methyl sites for hydroxylation is 1. The van der Waals surface area contributed by atoms with Gasteiger partial charge in [-0.3, -0.25) is 14.5 Å². The summed E-state index contributed by atoms with van der Waals surface area (Å²) in [5, 5.41) is 3.02. The van der Waals surface area contributed by atoms with Gasteiger partial charge < -0.3 is 15.0 Å². The maximum atomic E-state index is 12.4. The summed E-state index contributed by atoms with van der Waals surface area (Å²) in [5.41, 5.74) is 1.73. The summed E-state index contributed by atoms with van der Waals surface area (Å²) in [6, 6.07) is 5.76. The van der Waals surface area contributed by atoms with Crippen LogP contribution in [0.25, 0.3) is 0 Å². The van der Waals surface area contributed by atoms with Crippen molar-refractivity contribution < 1.29 is 19.2 Å². The fourth-order valence-electron chi connectivity index (χ4n) is 3.28. The number of nitrogens with zero attached hydrogens (tertiary/aromatic N) is 1. The molecule has 0 radical (unpaired) electrons. The Labute approximate surface area is 156 Å². The van der Waals surface area contributed by atoms with Crippen molar-refractivity contribution >= 4 is 17.5 Å². The molecule has 1 atom stereocenters. The molecule has 1 aliphatic heterocycles. The van der Waals surface area contributed by atoms with Gasteiger partial charge >= 0.3 is 0 Å². The molecule has 0 aromatic heterocycles. The van der Waals surface area contributed by atoms with Crippen molar-refractivity contribution in [3.63, 3.8) is 0 Å². The number of hydrogen-bond acceptors (Lipinski definition) is 3. The number of hydrogen-bond donors (Lipinski definition) is 2. The SMILES string of the molecule is CC[NH+](CC)CCC[C@H](C)NC(=O)CN1C(=O)COc2cc(C)ccc21. The highest BCUT2D eigenvalue weighted by molar-refractivity contribution is 6.02. The van der Waals surface area contributed by atoms with Crippen LogP contribution in [0.15, 0.2) is 18.2 Å². The van der Waals surface area contributed by atoms with Crippen molar-refractivity contribution in [3.8, 4) is 5.75 Å².